The Bertz CT molecular complexity index is 854. The number of alkyl halides is 1. The van der Waals surface area contributed by atoms with Crippen LogP contribution in [0.5, 0.6) is 5.75 Å². The first-order valence-corrected chi connectivity index (χ1v) is 9.50. The Kier molecular flexibility index (Phi) is 6.51. The van der Waals surface area contributed by atoms with Gasteiger partial charge in [0.2, 0.25) is 0 Å². The van der Waals surface area contributed by atoms with Crippen molar-refractivity contribution in [2.24, 2.45) is 0 Å². The van der Waals surface area contributed by atoms with Crippen LogP contribution in [0.4, 0.5) is 0 Å². The maximum Gasteiger partial charge on any atom is 0.119 e. The molecule has 132 valence electrons. The van der Waals surface area contributed by atoms with Crippen LogP contribution in [0.3, 0.4) is 0 Å². The lowest BCUT2D eigenvalue weighted by Gasteiger charge is -2.17. The van der Waals surface area contributed by atoms with Crippen molar-refractivity contribution in [1.29, 1.82) is 0 Å². The van der Waals surface area contributed by atoms with Gasteiger partial charge in [0, 0.05) is 5.88 Å². The summed E-state index contributed by atoms with van der Waals surface area (Å²) >= 11 is 6.19. The normalized spacial score (nSPS) is 11.8. The lowest BCUT2D eigenvalue weighted by molar-refractivity contribution is 0.340. The van der Waals surface area contributed by atoms with Crippen LogP contribution in [-0.2, 0) is 0 Å². The van der Waals surface area contributed by atoms with Gasteiger partial charge in [-0.15, -0.1) is 11.6 Å². The second kappa shape index (κ2) is 9.26. The van der Waals surface area contributed by atoms with Crippen molar-refractivity contribution in [3.05, 3.63) is 102 Å². The molecule has 0 aliphatic heterocycles. The van der Waals surface area contributed by atoms with Crippen LogP contribution in [0.1, 0.15) is 30.0 Å². The van der Waals surface area contributed by atoms with Crippen molar-refractivity contribution in [3.63, 3.8) is 0 Å². The quantitative estimate of drug-likeness (QED) is 0.336. The number of rotatable bonds is 7. The van der Waals surface area contributed by atoms with Crippen molar-refractivity contribution >= 4 is 22.7 Å². The van der Waals surface area contributed by atoms with Gasteiger partial charge in [0.25, 0.3) is 0 Å². The van der Waals surface area contributed by atoms with Crippen molar-refractivity contribution in [2.75, 3.05) is 12.5 Å². The topological polar surface area (TPSA) is 9.23 Å². The second-order valence-electron chi connectivity index (χ2n) is 5.99. The third kappa shape index (κ3) is 4.36. The lowest BCUT2D eigenvalue weighted by atomic mass is 9.88. The molecular weight excluding hydrogens is 340 g/mol. The Balaban J connectivity index is 2.24. The molecule has 0 amide bonds. The SMILES string of the molecule is CCOc1cccc(C(=C(CCCl)c2ccccc2)c2ccccc2)c1. The number of halogens is 1. The summed E-state index contributed by atoms with van der Waals surface area (Å²) in [5.41, 5.74) is 5.99. The van der Waals surface area contributed by atoms with Gasteiger partial charge in [-0.3, -0.25) is 0 Å². The van der Waals surface area contributed by atoms with E-state index in [1.807, 2.05) is 31.2 Å². The number of benzene rings is 3. The van der Waals surface area contributed by atoms with Gasteiger partial charge in [-0.25, -0.2) is 0 Å². The van der Waals surface area contributed by atoms with E-state index in [1.54, 1.807) is 0 Å². The van der Waals surface area contributed by atoms with E-state index in [9.17, 15) is 0 Å². The van der Waals surface area contributed by atoms with Crippen LogP contribution < -0.4 is 4.74 Å². The Hall–Kier alpha value is -2.51. The number of ether oxygens (including phenoxy) is 1. The fourth-order valence-electron chi connectivity index (χ4n) is 3.18. The van der Waals surface area contributed by atoms with E-state index in [0.29, 0.717) is 12.5 Å². The molecule has 0 heterocycles. The Morgan fingerprint density at radius 2 is 1.38 bits per heavy atom. The fourth-order valence-corrected chi connectivity index (χ4v) is 3.36. The average molecular weight is 363 g/mol. The van der Waals surface area contributed by atoms with Crippen molar-refractivity contribution in [2.45, 2.75) is 13.3 Å². The molecule has 0 saturated heterocycles. The van der Waals surface area contributed by atoms with Crippen LogP contribution in [-0.4, -0.2) is 12.5 Å². The summed E-state index contributed by atoms with van der Waals surface area (Å²) in [6.07, 6.45) is 0.800. The molecule has 0 aliphatic rings. The zero-order valence-electron chi connectivity index (χ0n) is 15.0. The minimum atomic E-state index is 0.575. The molecule has 0 spiro atoms. The highest BCUT2D eigenvalue weighted by Crippen LogP contribution is 2.35. The highest BCUT2D eigenvalue weighted by molar-refractivity contribution is 6.18. The molecule has 0 N–H and O–H groups in total. The van der Waals surface area contributed by atoms with Gasteiger partial charge in [-0.1, -0.05) is 72.8 Å². The number of hydrogen-bond donors (Lipinski definition) is 0. The molecule has 0 fully saturated rings. The molecule has 0 aromatic heterocycles. The van der Waals surface area contributed by atoms with E-state index in [4.69, 9.17) is 16.3 Å². The van der Waals surface area contributed by atoms with Gasteiger partial charge in [0.05, 0.1) is 6.61 Å². The van der Waals surface area contributed by atoms with Gasteiger partial charge >= 0.3 is 0 Å². The second-order valence-corrected chi connectivity index (χ2v) is 6.36. The van der Waals surface area contributed by atoms with E-state index in [1.165, 1.54) is 22.3 Å². The van der Waals surface area contributed by atoms with Gasteiger partial charge in [-0.05, 0) is 53.3 Å². The highest BCUT2D eigenvalue weighted by atomic mass is 35.5. The molecule has 2 heteroatoms. The van der Waals surface area contributed by atoms with E-state index in [0.717, 1.165) is 17.7 Å². The van der Waals surface area contributed by atoms with Crippen molar-refractivity contribution in [3.8, 4) is 5.75 Å². The molecule has 0 bridgehead atoms. The Labute approximate surface area is 160 Å². The van der Waals surface area contributed by atoms with Crippen molar-refractivity contribution in [1.82, 2.24) is 0 Å². The molecule has 1 nitrogen and oxygen atoms in total. The summed E-state index contributed by atoms with van der Waals surface area (Å²) in [4.78, 5) is 0. The first kappa shape index (κ1) is 18.3. The smallest absolute Gasteiger partial charge is 0.119 e. The highest BCUT2D eigenvalue weighted by Gasteiger charge is 2.14. The summed E-state index contributed by atoms with van der Waals surface area (Å²) in [7, 11) is 0. The van der Waals surface area contributed by atoms with E-state index < -0.39 is 0 Å². The maximum absolute atomic E-state index is 6.19. The fraction of sp³-hybridized carbons (Fsp3) is 0.167. The Morgan fingerprint density at radius 3 is 2.00 bits per heavy atom. The number of hydrogen-bond acceptors (Lipinski definition) is 1. The van der Waals surface area contributed by atoms with Crippen molar-refractivity contribution < 1.29 is 4.74 Å². The molecule has 0 aliphatic carbocycles. The van der Waals surface area contributed by atoms with Crippen LogP contribution in [0, 0.1) is 0 Å². The minimum absolute atomic E-state index is 0.575. The lowest BCUT2D eigenvalue weighted by Crippen LogP contribution is -1.98. The monoisotopic (exact) mass is 362 g/mol. The zero-order chi connectivity index (χ0) is 18.2. The molecular formula is C24H23ClO. The molecule has 3 rings (SSSR count). The summed E-state index contributed by atoms with van der Waals surface area (Å²) < 4.78 is 5.73. The molecule has 26 heavy (non-hydrogen) atoms. The number of allylic oxidation sites excluding steroid dienone is 1. The summed E-state index contributed by atoms with van der Waals surface area (Å²) in [6.45, 7) is 2.66. The van der Waals surface area contributed by atoms with Crippen LogP contribution in [0.2, 0.25) is 0 Å². The van der Waals surface area contributed by atoms with Gasteiger partial charge in [0.15, 0.2) is 0 Å². The Morgan fingerprint density at radius 1 is 0.769 bits per heavy atom. The first-order chi connectivity index (χ1) is 12.8. The van der Waals surface area contributed by atoms with E-state index in [-0.39, 0.29) is 0 Å². The third-order valence-corrected chi connectivity index (χ3v) is 4.45. The van der Waals surface area contributed by atoms with Crippen LogP contribution in [0.25, 0.3) is 11.1 Å². The summed E-state index contributed by atoms with van der Waals surface area (Å²) in [5.74, 6) is 1.46. The molecule has 0 radical (unpaired) electrons. The maximum atomic E-state index is 6.19. The zero-order valence-corrected chi connectivity index (χ0v) is 15.7. The van der Waals surface area contributed by atoms with Crippen LogP contribution >= 0.6 is 11.6 Å². The minimum Gasteiger partial charge on any atom is -0.494 e. The molecule has 0 unspecified atom stereocenters. The van der Waals surface area contributed by atoms with Crippen LogP contribution in [0.15, 0.2) is 84.9 Å². The van der Waals surface area contributed by atoms with Gasteiger partial charge < -0.3 is 4.74 Å². The predicted molar refractivity (Wildman–Crippen MR) is 112 cm³/mol. The molecule has 0 atom stereocenters. The van der Waals surface area contributed by atoms with Gasteiger partial charge in [0.1, 0.15) is 5.75 Å². The third-order valence-electron chi connectivity index (χ3n) is 4.26. The predicted octanol–water partition coefficient (Wildman–Crippen LogP) is 6.67. The standard InChI is InChI=1S/C24H23ClO/c1-2-26-22-15-9-14-21(18-22)24(20-12-7-4-8-13-20)23(16-17-25)19-10-5-3-6-11-19/h3-15,18H,2,16-17H2,1H3. The van der Waals surface area contributed by atoms with E-state index in [2.05, 4.69) is 60.7 Å². The summed E-state index contributed by atoms with van der Waals surface area (Å²) in [5, 5.41) is 0. The molecule has 3 aromatic rings. The summed E-state index contributed by atoms with van der Waals surface area (Å²) in [6, 6.07) is 29.3. The first-order valence-electron chi connectivity index (χ1n) is 8.96. The molecule has 0 saturated carbocycles. The van der Waals surface area contributed by atoms with E-state index >= 15 is 0 Å². The molecule has 3 aromatic carbocycles. The largest absolute Gasteiger partial charge is 0.494 e. The van der Waals surface area contributed by atoms with Gasteiger partial charge in [-0.2, -0.15) is 0 Å². The average Bonchev–Trinajstić information content (AvgIpc) is 2.70.